The van der Waals surface area contributed by atoms with Gasteiger partial charge in [-0.15, -0.1) is 0 Å². The third kappa shape index (κ3) is 7.04. The number of rotatable bonds is 13. The highest BCUT2D eigenvalue weighted by Gasteiger charge is 2.53. The largest absolute Gasteiger partial charge is 0.494 e. The summed E-state index contributed by atoms with van der Waals surface area (Å²) in [6, 6.07) is 29.5. The van der Waals surface area contributed by atoms with Gasteiger partial charge in [-0.2, -0.15) is 0 Å². The van der Waals surface area contributed by atoms with Crippen LogP contribution in [0.1, 0.15) is 34.8 Å². The van der Waals surface area contributed by atoms with Crippen molar-refractivity contribution < 1.29 is 23.8 Å². The summed E-state index contributed by atoms with van der Waals surface area (Å²) in [5, 5.41) is 12.9. The van der Waals surface area contributed by atoms with E-state index >= 15 is 0 Å². The summed E-state index contributed by atoms with van der Waals surface area (Å²) in [7, 11) is 0. The Labute approximate surface area is 253 Å². The number of benzene rings is 4. The van der Waals surface area contributed by atoms with E-state index in [4.69, 9.17) is 19.6 Å². The molecule has 3 N–H and O–H groups in total. The molecule has 0 spiro atoms. The van der Waals surface area contributed by atoms with Crippen molar-refractivity contribution in [1.82, 2.24) is 10.9 Å². The van der Waals surface area contributed by atoms with E-state index in [0.717, 1.165) is 11.1 Å². The van der Waals surface area contributed by atoms with Crippen LogP contribution >= 0.6 is 0 Å². The minimum absolute atomic E-state index is 0.0370. The topological polar surface area (TPSA) is 141 Å². The molecule has 2 atom stereocenters. The van der Waals surface area contributed by atoms with Gasteiger partial charge in [0.15, 0.2) is 11.6 Å². The normalized spacial score (nSPS) is 17.2. The summed E-state index contributed by atoms with van der Waals surface area (Å²) in [6.45, 7) is 0.653. The number of halogens is 1. The number of hydrogen-bond donors (Lipinski definition) is 3. The molecule has 0 saturated carbocycles. The third-order valence-corrected chi connectivity index (χ3v) is 7.14. The second kappa shape index (κ2) is 14.3. The monoisotopic (exact) mass is 594 g/mol. The first-order chi connectivity index (χ1) is 21.5. The molecule has 0 saturated heterocycles. The molecule has 44 heavy (non-hydrogen) atoms. The summed E-state index contributed by atoms with van der Waals surface area (Å²) in [5.41, 5.74) is 16.5. The van der Waals surface area contributed by atoms with Crippen LogP contribution in [0.15, 0.2) is 113 Å². The smallest absolute Gasteiger partial charge is 0.266 e. The van der Waals surface area contributed by atoms with Gasteiger partial charge in [0, 0.05) is 42.2 Å². The van der Waals surface area contributed by atoms with Crippen molar-refractivity contribution in [3.8, 4) is 5.75 Å². The average molecular weight is 595 g/mol. The van der Waals surface area contributed by atoms with Gasteiger partial charge in [-0.3, -0.25) is 10.2 Å². The molecular formula is C33H31FN6O4. The first-order valence-corrected chi connectivity index (χ1v) is 14.1. The van der Waals surface area contributed by atoms with Crippen LogP contribution in [0.4, 0.5) is 10.1 Å². The van der Waals surface area contributed by atoms with E-state index in [2.05, 4.69) is 20.9 Å². The van der Waals surface area contributed by atoms with E-state index in [-0.39, 0.29) is 31.3 Å². The van der Waals surface area contributed by atoms with Crippen molar-refractivity contribution in [3.05, 3.63) is 142 Å². The summed E-state index contributed by atoms with van der Waals surface area (Å²) < 4.78 is 25.6. The Morgan fingerprint density at radius 3 is 2.48 bits per heavy atom. The summed E-state index contributed by atoms with van der Waals surface area (Å²) in [4.78, 5) is 22.2. The fraction of sp³-hybridized carbons (Fsp3) is 0.212. The van der Waals surface area contributed by atoms with E-state index in [1.165, 1.54) is 12.1 Å². The van der Waals surface area contributed by atoms with E-state index in [9.17, 15) is 14.7 Å². The third-order valence-electron chi connectivity index (χ3n) is 7.14. The van der Waals surface area contributed by atoms with Crippen molar-refractivity contribution in [2.24, 2.45) is 10.1 Å². The maximum atomic E-state index is 14.3. The lowest BCUT2D eigenvalue weighted by molar-refractivity contribution is -0.130. The lowest BCUT2D eigenvalue weighted by Gasteiger charge is -2.31. The Morgan fingerprint density at radius 1 is 1.02 bits per heavy atom. The number of carbonyl (C=O) groups excluding carboxylic acids is 1. The fourth-order valence-corrected chi connectivity index (χ4v) is 4.94. The van der Waals surface area contributed by atoms with Crippen LogP contribution in [-0.4, -0.2) is 35.7 Å². The number of amides is 1. The molecule has 0 aliphatic carbocycles. The molecular weight excluding hydrogens is 563 g/mol. The minimum Gasteiger partial charge on any atom is -0.494 e. The number of aliphatic hydroxyl groups is 1. The van der Waals surface area contributed by atoms with Crippen molar-refractivity contribution in [3.63, 3.8) is 0 Å². The average Bonchev–Trinajstić information content (AvgIpc) is 3.44. The quantitative estimate of drug-likeness (QED) is 0.0586. The zero-order valence-corrected chi connectivity index (χ0v) is 23.8. The van der Waals surface area contributed by atoms with Gasteiger partial charge in [0.1, 0.15) is 11.6 Å². The number of nitrogens with zero attached hydrogens (tertiary/aromatic N) is 4. The van der Waals surface area contributed by atoms with Crippen LogP contribution in [-0.2, 0) is 22.5 Å². The number of aliphatic hydroxyl groups excluding tert-OH is 1. The number of hydrogen-bond acceptors (Lipinski definition) is 7. The van der Waals surface area contributed by atoms with Crippen molar-refractivity contribution in [1.29, 1.82) is 0 Å². The summed E-state index contributed by atoms with van der Waals surface area (Å²) in [6.07, 6.45) is -0.274. The lowest BCUT2D eigenvalue weighted by atomic mass is 9.81. The van der Waals surface area contributed by atoms with Crippen LogP contribution in [0.2, 0.25) is 0 Å². The molecule has 1 aliphatic heterocycles. The molecule has 4 aromatic carbocycles. The van der Waals surface area contributed by atoms with Gasteiger partial charge in [-0.1, -0.05) is 71.8 Å². The van der Waals surface area contributed by atoms with Crippen LogP contribution < -0.4 is 15.6 Å². The van der Waals surface area contributed by atoms with Gasteiger partial charge >= 0.3 is 0 Å². The summed E-state index contributed by atoms with van der Waals surface area (Å²) >= 11 is 0. The van der Waals surface area contributed by atoms with E-state index < -0.39 is 17.6 Å². The van der Waals surface area contributed by atoms with Crippen LogP contribution in [0.25, 0.3) is 10.4 Å². The van der Waals surface area contributed by atoms with Gasteiger partial charge in [0.05, 0.1) is 6.61 Å². The Morgan fingerprint density at radius 2 is 1.75 bits per heavy atom. The number of hydrazine groups is 1. The maximum absolute atomic E-state index is 14.3. The van der Waals surface area contributed by atoms with Crippen LogP contribution in [0, 0.1) is 5.82 Å². The highest BCUT2D eigenvalue weighted by Crippen LogP contribution is 2.43. The first-order valence-electron chi connectivity index (χ1n) is 14.1. The molecule has 11 heteroatoms. The number of carbonyl (C=O) groups is 1. The van der Waals surface area contributed by atoms with Crippen molar-refractivity contribution in [2.45, 2.75) is 31.0 Å². The maximum Gasteiger partial charge on any atom is 0.266 e. The van der Waals surface area contributed by atoms with Crippen molar-refractivity contribution >= 4 is 17.5 Å². The highest BCUT2D eigenvalue weighted by molar-refractivity contribution is 6.01. The van der Waals surface area contributed by atoms with Gasteiger partial charge in [0.2, 0.25) is 5.90 Å². The zero-order chi connectivity index (χ0) is 30.8. The molecule has 4 aromatic rings. The van der Waals surface area contributed by atoms with Crippen LogP contribution in [0.3, 0.4) is 0 Å². The van der Waals surface area contributed by atoms with Gasteiger partial charge < -0.3 is 14.6 Å². The predicted molar refractivity (Wildman–Crippen MR) is 164 cm³/mol. The second-order valence-corrected chi connectivity index (χ2v) is 10.1. The Kier molecular flexibility index (Phi) is 9.83. The molecule has 0 bridgehead atoms. The molecule has 0 aromatic heterocycles. The summed E-state index contributed by atoms with van der Waals surface area (Å²) in [5.74, 6) is 0.0624. The van der Waals surface area contributed by atoms with Gasteiger partial charge in [0.25, 0.3) is 5.91 Å². The molecule has 0 radical (unpaired) electrons. The minimum atomic E-state index is -1.52. The van der Waals surface area contributed by atoms with Gasteiger partial charge in [-0.25, -0.2) is 14.8 Å². The van der Waals surface area contributed by atoms with E-state index in [1.54, 1.807) is 60.7 Å². The molecule has 0 fully saturated rings. The van der Waals surface area contributed by atoms with Gasteiger partial charge in [-0.05, 0) is 58.6 Å². The van der Waals surface area contributed by atoms with Crippen molar-refractivity contribution in [2.75, 3.05) is 13.2 Å². The fourth-order valence-electron chi connectivity index (χ4n) is 4.94. The molecule has 0 unspecified atom stereocenters. The Bertz CT molecular complexity index is 1640. The molecule has 5 rings (SSSR count). The second-order valence-electron chi connectivity index (χ2n) is 10.1. The molecule has 1 aliphatic rings. The Hall–Kier alpha value is -5.22. The number of aliphatic imine (C=N–C) groups is 1. The zero-order valence-electron chi connectivity index (χ0n) is 23.8. The first kappa shape index (κ1) is 30.2. The highest BCUT2D eigenvalue weighted by atomic mass is 19.1. The number of nitrogens with one attached hydrogen (secondary N) is 2. The Balaban J connectivity index is 1.53. The number of ether oxygens (including phenoxy) is 2. The van der Waals surface area contributed by atoms with E-state index in [0.29, 0.717) is 35.6 Å². The predicted octanol–water partition coefficient (Wildman–Crippen LogP) is 5.85. The SMILES string of the molecule is [N-]=[N+]=Nc1ccccc1C[C@]1(C(=O)NNCc2ccc(F)cc2)N=C(c2ccc(OCCCO)cc2)O[C@H]1c1ccccc1. The number of azide groups is 1. The lowest BCUT2D eigenvalue weighted by Crippen LogP contribution is -2.53. The molecule has 1 heterocycles. The van der Waals surface area contributed by atoms with Crippen LogP contribution in [0.5, 0.6) is 5.75 Å². The molecule has 1 amide bonds. The molecule has 10 nitrogen and oxygen atoms in total. The standard InChI is InChI=1S/C33H31FN6O4/c34-27-15-11-23(12-16-27)22-36-39-32(42)33(21-26-9-4-5-10-29(26)38-40-35)30(24-7-2-1-3-8-24)44-31(37-33)25-13-17-28(18-14-25)43-20-6-19-41/h1-5,7-18,30,36,41H,6,19-22H2,(H,39,42)/t30-,33-/m0/s1. The molecule has 224 valence electrons. The van der Waals surface area contributed by atoms with E-state index in [1.807, 2.05) is 30.3 Å².